The lowest BCUT2D eigenvalue weighted by Crippen LogP contribution is -2.27. The molecule has 1 aliphatic rings. The first-order valence-electron chi connectivity index (χ1n) is 8.17. The number of carbonyl (C=O) groups excluding carboxylic acids is 1. The first-order chi connectivity index (χ1) is 10.2. The molecule has 0 atom stereocenters. The number of hydrogen-bond donors (Lipinski definition) is 1. The number of anilines is 1. The van der Waals surface area contributed by atoms with Crippen LogP contribution in [0.5, 0.6) is 5.75 Å². The van der Waals surface area contributed by atoms with E-state index in [-0.39, 0.29) is 11.8 Å². The van der Waals surface area contributed by atoms with Crippen molar-refractivity contribution in [3.8, 4) is 5.75 Å². The highest BCUT2D eigenvalue weighted by molar-refractivity contribution is 5.92. The van der Waals surface area contributed by atoms with Gasteiger partial charge in [0.25, 0.3) is 0 Å². The highest BCUT2D eigenvalue weighted by Crippen LogP contribution is 2.32. The summed E-state index contributed by atoms with van der Waals surface area (Å²) in [6.07, 6.45) is 8.43. The topological polar surface area (TPSA) is 38.3 Å². The van der Waals surface area contributed by atoms with E-state index in [1.807, 2.05) is 24.3 Å². The minimum absolute atomic E-state index is 0.175. The molecule has 0 saturated heterocycles. The third-order valence-electron chi connectivity index (χ3n) is 4.54. The van der Waals surface area contributed by atoms with Gasteiger partial charge in [-0.05, 0) is 55.9 Å². The molecule has 116 valence electrons. The minimum atomic E-state index is 0.175. The molecular weight excluding hydrogens is 262 g/mol. The normalized spacial score (nSPS) is 21.8. The Morgan fingerprint density at radius 2 is 1.86 bits per heavy atom. The van der Waals surface area contributed by atoms with Gasteiger partial charge in [-0.1, -0.05) is 26.2 Å². The number of unbranched alkanes of at least 4 members (excludes halogenated alkanes) is 1. The van der Waals surface area contributed by atoms with E-state index in [9.17, 15) is 4.79 Å². The van der Waals surface area contributed by atoms with Gasteiger partial charge in [-0.15, -0.1) is 0 Å². The molecule has 21 heavy (non-hydrogen) atoms. The molecule has 0 aliphatic heterocycles. The van der Waals surface area contributed by atoms with Gasteiger partial charge < -0.3 is 10.1 Å². The predicted molar refractivity (Wildman–Crippen MR) is 86.6 cm³/mol. The smallest absolute Gasteiger partial charge is 0.227 e. The second-order valence-corrected chi connectivity index (χ2v) is 6.08. The fourth-order valence-electron chi connectivity index (χ4n) is 3.12. The van der Waals surface area contributed by atoms with E-state index in [0.717, 1.165) is 30.2 Å². The Kier molecular flexibility index (Phi) is 6.09. The molecule has 0 spiro atoms. The van der Waals surface area contributed by atoms with Crippen LogP contribution in [-0.2, 0) is 4.79 Å². The number of nitrogens with one attached hydrogen (secondary N) is 1. The lowest BCUT2D eigenvalue weighted by molar-refractivity contribution is -0.121. The summed E-state index contributed by atoms with van der Waals surface area (Å²) in [5.41, 5.74) is 0.855. The van der Waals surface area contributed by atoms with Crippen LogP contribution in [-0.4, -0.2) is 13.0 Å². The summed E-state index contributed by atoms with van der Waals surface area (Å²) in [7, 11) is 1.64. The third kappa shape index (κ3) is 4.76. The summed E-state index contributed by atoms with van der Waals surface area (Å²) in [6.45, 7) is 2.24. The largest absolute Gasteiger partial charge is 0.497 e. The van der Waals surface area contributed by atoms with Crippen molar-refractivity contribution in [3.63, 3.8) is 0 Å². The Morgan fingerprint density at radius 3 is 2.43 bits per heavy atom. The van der Waals surface area contributed by atoms with Crippen molar-refractivity contribution in [3.05, 3.63) is 24.3 Å². The highest BCUT2D eigenvalue weighted by Gasteiger charge is 2.25. The molecule has 1 saturated carbocycles. The first kappa shape index (κ1) is 15.9. The van der Waals surface area contributed by atoms with Crippen molar-refractivity contribution < 1.29 is 9.53 Å². The van der Waals surface area contributed by atoms with E-state index in [4.69, 9.17) is 4.74 Å². The Hall–Kier alpha value is -1.51. The molecule has 2 rings (SSSR count). The zero-order valence-electron chi connectivity index (χ0n) is 13.2. The Balaban J connectivity index is 1.78. The summed E-state index contributed by atoms with van der Waals surface area (Å²) in [5.74, 6) is 2.01. The van der Waals surface area contributed by atoms with Crippen molar-refractivity contribution in [2.75, 3.05) is 12.4 Å². The monoisotopic (exact) mass is 289 g/mol. The van der Waals surface area contributed by atoms with E-state index in [2.05, 4.69) is 12.2 Å². The molecule has 0 bridgehead atoms. The molecule has 0 unspecified atom stereocenters. The van der Waals surface area contributed by atoms with Gasteiger partial charge >= 0.3 is 0 Å². The molecule has 1 aliphatic carbocycles. The van der Waals surface area contributed by atoms with E-state index < -0.39 is 0 Å². The fourth-order valence-corrected chi connectivity index (χ4v) is 3.12. The van der Waals surface area contributed by atoms with Gasteiger partial charge in [0.05, 0.1) is 7.11 Å². The second-order valence-electron chi connectivity index (χ2n) is 6.08. The van der Waals surface area contributed by atoms with Crippen LogP contribution in [0, 0.1) is 11.8 Å². The number of carbonyl (C=O) groups is 1. The molecule has 3 heteroatoms. The zero-order valence-corrected chi connectivity index (χ0v) is 13.2. The molecule has 0 aromatic heterocycles. The Bertz CT molecular complexity index is 433. The molecule has 1 aromatic rings. The van der Waals surface area contributed by atoms with Gasteiger partial charge in [0.15, 0.2) is 0 Å². The first-order valence-corrected chi connectivity index (χ1v) is 8.17. The van der Waals surface area contributed by atoms with E-state index in [1.54, 1.807) is 7.11 Å². The summed E-state index contributed by atoms with van der Waals surface area (Å²) in [6, 6.07) is 7.53. The van der Waals surface area contributed by atoms with Crippen LogP contribution in [0.1, 0.15) is 51.9 Å². The fraction of sp³-hybridized carbons (Fsp3) is 0.611. The van der Waals surface area contributed by atoms with Gasteiger partial charge in [-0.25, -0.2) is 0 Å². The summed E-state index contributed by atoms with van der Waals surface area (Å²) >= 11 is 0. The maximum absolute atomic E-state index is 12.3. The molecule has 3 nitrogen and oxygen atoms in total. The summed E-state index contributed by atoms with van der Waals surface area (Å²) < 4.78 is 5.12. The molecule has 1 amide bonds. The summed E-state index contributed by atoms with van der Waals surface area (Å²) in [5, 5.41) is 3.03. The molecule has 0 radical (unpaired) electrons. The van der Waals surface area contributed by atoms with Gasteiger partial charge in [-0.2, -0.15) is 0 Å². The van der Waals surface area contributed by atoms with Gasteiger partial charge in [0.1, 0.15) is 5.75 Å². The Morgan fingerprint density at radius 1 is 1.19 bits per heavy atom. The van der Waals surface area contributed by atoms with Crippen LogP contribution in [0.25, 0.3) is 0 Å². The van der Waals surface area contributed by atoms with Crippen LogP contribution in [0.4, 0.5) is 5.69 Å². The van der Waals surface area contributed by atoms with Crippen molar-refractivity contribution in [1.82, 2.24) is 0 Å². The van der Waals surface area contributed by atoms with Crippen LogP contribution >= 0.6 is 0 Å². The molecule has 1 N–H and O–H groups in total. The molecule has 1 aromatic carbocycles. The number of ether oxygens (including phenoxy) is 1. The SMILES string of the molecule is CCCCC1CCC(C(=O)Nc2ccc(OC)cc2)CC1. The van der Waals surface area contributed by atoms with E-state index in [0.29, 0.717) is 0 Å². The predicted octanol–water partition coefficient (Wildman–Crippen LogP) is 4.63. The standard InChI is InChI=1S/C18H27NO2/c1-3-4-5-14-6-8-15(9-7-14)18(20)19-16-10-12-17(21-2)13-11-16/h10-15H,3-9H2,1-2H3,(H,19,20). The number of methoxy groups -OCH3 is 1. The van der Waals surface area contributed by atoms with Crippen LogP contribution in [0.2, 0.25) is 0 Å². The van der Waals surface area contributed by atoms with Crippen LogP contribution < -0.4 is 10.1 Å². The maximum Gasteiger partial charge on any atom is 0.227 e. The van der Waals surface area contributed by atoms with Gasteiger partial charge in [0, 0.05) is 11.6 Å². The van der Waals surface area contributed by atoms with E-state index in [1.165, 1.54) is 32.1 Å². The maximum atomic E-state index is 12.3. The quantitative estimate of drug-likeness (QED) is 0.829. The van der Waals surface area contributed by atoms with Gasteiger partial charge in [-0.3, -0.25) is 4.79 Å². The lowest BCUT2D eigenvalue weighted by atomic mass is 9.79. The number of hydrogen-bond acceptors (Lipinski definition) is 2. The number of amides is 1. The lowest BCUT2D eigenvalue weighted by Gasteiger charge is -2.27. The molecule has 0 heterocycles. The van der Waals surface area contributed by atoms with E-state index >= 15 is 0 Å². The van der Waals surface area contributed by atoms with Crippen molar-refractivity contribution in [2.45, 2.75) is 51.9 Å². The minimum Gasteiger partial charge on any atom is -0.497 e. The number of benzene rings is 1. The third-order valence-corrected chi connectivity index (χ3v) is 4.54. The van der Waals surface area contributed by atoms with Crippen molar-refractivity contribution in [2.24, 2.45) is 11.8 Å². The molecule has 1 fully saturated rings. The molecular formula is C18H27NO2. The van der Waals surface area contributed by atoms with Crippen LogP contribution in [0.15, 0.2) is 24.3 Å². The highest BCUT2D eigenvalue weighted by atomic mass is 16.5. The van der Waals surface area contributed by atoms with Crippen LogP contribution in [0.3, 0.4) is 0 Å². The van der Waals surface area contributed by atoms with Gasteiger partial charge in [0.2, 0.25) is 5.91 Å². The van der Waals surface area contributed by atoms with Crippen molar-refractivity contribution in [1.29, 1.82) is 0 Å². The second kappa shape index (κ2) is 8.06. The average Bonchev–Trinajstić information content (AvgIpc) is 2.54. The number of rotatable bonds is 6. The Labute approximate surface area is 128 Å². The average molecular weight is 289 g/mol. The van der Waals surface area contributed by atoms with Crippen molar-refractivity contribution >= 4 is 11.6 Å². The zero-order chi connectivity index (χ0) is 15.1. The summed E-state index contributed by atoms with van der Waals surface area (Å²) in [4.78, 5) is 12.3.